The van der Waals surface area contributed by atoms with E-state index < -0.39 is 0 Å². The summed E-state index contributed by atoms with van der Waals surface area (Å²) in [4.78, 5) is 19.2. The van der Waals surface area contributed by atoms with Crippen LogP contribution in [0.4, 0.5) is 0 Å². The standard InChI is InChI=1S/C33H21N5/c1-3-14-25-21(10-1)22-11-2-4-15-26(22)31(25)27-20-30(37-33(36-27)32-34-18-9-19-35-32)38-28-16-7-5-12-23(28)24-13-6-8-17-29(24)38/h1-20,31H. The van der Waals surface area contributed by atoms with Crippen LogP contribution in [0.15, 0.2) is 122 Å². The number of rotatable bonds is 3. The van der Waals surface area contributed by atoms with Crippen LogP contribution in [0.2, 0.25) is 0 Å². The number of benzene rings is 4. The van der Waals surface area contributed by atoms with Gasteiger partial charge in [-0.05, 0) is 40.5 Å². The van der Waals surface area contributed by atoms with Crippen molar-refractivity contribution in [3.05, 3.63) is 138 Å². The predicted octanol–water partition coefficient (Wildman–Crippen LogP) is 7.19. The fourth-order valence-electron chi connectivity index (χ4n) is 5.87. The second-order valence-electron chi connectivity index (χ2n) is 9.52. The molecule has 0 fully saturated rings. The van der Waals surface area contributed by atoms with Gasteiger partial charge in [-0.2, -0.15) is 0 Å². The molecule has 0 N–H and O–H groups in total. The minimum atomic E-state index is -0.0142. The van der Waals surface area contributed by atoms with Gasteiger partial charge < -0.3 is 0 Å². The first-order chi connectivity index (χ1) is 18.9. The van der Waals surface area contributed by atoms with Gasteiger partial charge in [0.05, 0.1) is 22.6 Å². The number of para-hydroxylation sites is 2. The number of fused-ring (bicyclic) bond motifs is 6. The van der Waals surface area contributed by atoms with Gasteiger partial charge in [0.2, 0.25) is 0 Å². The van der Waals surface area contributed by atoms with Crippen LogP contribution < -0.4 is 0 Å². The lowest BCUT2D eigenvalue weighted by Gasteiger charge is -2.16. The van der Waals surface area contributed by atoms with Gasteiger partial charge in [0, 0.05) is 29.2 Å². The third-order valence-corrected chi connectivity index (χ3v) is 7.44. The second-order valence-corrected chi connectivity index (χ2v) is 9.52. The maximum absolute atomic E-state index is 5.10. The third-order valence-electron chi connectivity index (χ3n) is 7.44. The van der Waals surface area contributed by atoms with E-state index in [2.05, 4.69) is 118 Å². The van der Waals surface area contributed by atoms with Crippen LogP contribution in [0.5, 0.6) is 0 Å². The molecule has 0 unspecified atom stereocenters. The number of hydrogen-bond acceptors (Lipinski definition) is 4. The number of aromatic nitrogens is 5. The van der Waals surface area contributed by atoms with Gasteiger partial charge in [0.15, 0.2) is 11.6 Å². The third kappa shape index (κ3) is 3.05. The van der Waals surface area contributed by atoms with Gasteiger partial charge >= 0.3 is 0 Å². The molecule has 4 aromatic carbocycles. The molecular formula is C33H21N5. The topological polar surface area (TPSA) is 56.5 Å². The van der Waals surface area contributed by atoms with E-state index in [4.69, 9.17) is 9.97 Å². The Balaban J connectivity index is 1.45. The van der Waals surface area contributed by atoms with Crippen molar-refractivity contribution >= 4 is 21.8 Å². The molecule has 5 heteroatoms. The maximum atomic E-state index is 5.10. The molecule has 0 saturated carbocycles. The van der Waals surface area contributed by atoms with Crippen molar-refractivity contribution in [3.63, 3.8) is 0 Å². The molecule has 8 rings (SSSR count). The molecule has 3 heterocycles. The van der Waals surface area contributed by atoms with Crippen LogP contribution in [0, 0.1) is 0 Å². The van der Waals surface area contributed by atoms with E-state index in [9.17, 15) is 0 Å². The fourth-order valence-corrected chi connectivity index (χ4v) is 5.87. The summed E-state index contributed by atoms with van der Waals surface area (Å²) >= 11 is 0. The van der Waals surface area contributed by atoms with E-state index in [1.807, 2.05) is 6.07 Å². The van der Waals surface area contributed by atoms with Crippen LogP contribution in [-0.2, 0) is 0 Å². The molecule has 5 nitrogen and oxygen atoms in total. The average Bonchev–Trinajstić information content (AvgIpc) is 3.51. The van der Waals surface area contributed by atoms with Crippen LogP contribution in [-0.4, -0.2) is 24.5 Å². The Morgan fingerprint density at radius 2 is 1.08 bits per heavy atom. The van der Waals surface area contributed by atoms with Gasteiger partial charge in [0.25, 0.3) is 0 Å². The second kappa shape index (κ2) is 8.18. The molecule has 0 bridgehead atoms. The van der Waals surface area contributed by atoms with Crippen molar-refractivity contribution in [1.29, 1.82) is 0 Å². The van der Waals surface area contributed by atoms with E-state index in [0.717, 1.165) is 22.5 Å². The Morgan fingerprint density at radius 1 is 0.526 bits per heavy atom. The highest BCUT2D eigenvalue weighted by molar-refractivity contribution is 6.09. The highest BCUT2D eigenvalue weighted by atomic mass is 15.1. The largest absolute Gasteiger partial charge is 0.294 e. The normalized spacial score (nSPS) is 12.6. The van der Waals surface area contributed by atoms with Crippen molar-refractivity contribution in [2.75, 3.05) is 0 Å². The smallest absolute Gasteiger partial charge is 0.199 e. The van der Waals surface area contributed by atoms with E-state index >= 15 is 0 Å². The van der Waals surface area contributed by atoms with Crippen molar-refractivity contribution in [2.45, 2.75) is 5.92 Å². The van der Waals surface area contributed by atoms with Crippen molar-refractivity contribution in [1.82, 2.24) is 24.5 Å². The van der Waals surface area contributed by atoms with Crippen LogP contribution in [0.3, 0.4) is 0 Å². The highest BCUT2D eigenvalue weighted by Gasteiger charge is 2.31. The Hall–Kier alpha value is -5.16. The summed E-state index contributed by atoms with van der Waals surface area (Å²) in [5.74, 6) is 1.81. The SMILES string of the molecule is c1cnc(-c2nc(C3c4ccccc4-c4ccccc43)cc(-n3c4ccccc4c4ccccc43)n2)nc1. The Labute approximate surface area is 219 Å². The molecule has 3 aromatic heterocycles. The zero-order chi connectivity index (χ0) is 25.1. The first-order valence-corrected chi connectivity index (χ1v) is 12.7. The van der Waals surface area contributed by atoms with E-state index in [-0.39, 0.29) is 5.92 Å². The fraction of sp³-hybridized carbons (Fsp3) is 0.0303. The van der Waals surface area contributed by atoms with E-state index in [1.54, 1.807) is 12.4 Å². The monoisotopic (exact) mass is 487 g/mol. The zero-order valence-electron chi connectivity index (χ0n) is 20.4. The molecule has 0 saturated heterocycles. The number of hydrogen-bond donors (Lipinski definition) is 0. The Morgan fingerprint density at radius 3 is 1.71 bits per heavy atom. The lowest BCUT2D eigenvalue weighted by molar-refractivity contribution is 0.904. The molecule has 0 radical (unpaired) electrons. The molecule has 38 heavy (non-hydrogen) atoms. The quantitative estimate of drug-likeness (QED) is 0.265. The molecule has 0 aliphatic heterocycles. The van der Waals surface area contributed by atoms with Gasteiger partial charge in [-0.1, -0.05) is 84.9 Å². The van der Waals surface area contributed by atoms with Gasteiger partial charge in [-0.25, -0.2) is 19.9 Å². The molecule has 178 valence electrons. The van der Waals surface area contributed by atoms with Gasteiger partial charge in [-0.3, -0.25) is 4.57 Å². The summed E-state index contributed by atoms with van der Waals surface area (Å²) < 4.78 is 2.23. The van der Waals surface area contributed by atoms with E-state index in [0.29, 0.717) is 11.6 Å². The molecule has 7 aromatic rings. The summed E-state index contributed by atoms with van der Waals surface area (Å²) in [5.41, 5.74) is 8.14. The molecular weight excluding hydrogens is 466 g/mol. The first kappa shape index (κ1) is 21.0. The average molecular weight is 488 g/mol. The Kier molecular flexibility index (Phi) is 4.52. The van der Waals surface area contributed by atoms with Gasteiger partial charge in [-0.15, -0.1) is 0 Å². The van der Waals surface area contributed by atoms with E-state index in [1.165, 1.54) is 33.0 Å². The van der Waals surface area contributed by atoms with Crippen molar-refractivity contribution in [3.8, 4) is 28.6 Å². The molecule has 0 spiro atoms. The summed E-state index contributed by atoms with van der Waals surface area (Å²) in [6.07, 6.45) is 3.47. The predicted molar refractivity (Wildman–Crippen MR) is 150 cm³/mol. The lowest BCUT2D eigenvalue weighted by atomic mass is 9.93. The summed E-state index contributed by atoms with van der Waals surface area (Å²) in [6.45, 7) is 0. The molecule has 1 aliphatic rings. The summed E-state index contributed by atoms with van der Waals surface area (Å²) in [5, 5.41) is 2.38. The Bertz CT molecular complexity index is 1890. The van der Waals surface area contributed by atoms with Gasteiger partial charge in [0.1, 0.15) is 5.82 Å². The summed E-state index contributed by atoms with van der Waals surface area (Å²) in [7, 11) is 0. The molecule has 0 atom stereocenters. The van der Waals surface area contributed by atoms with Crippen molar-refractivity contribution in [2.24, 2.45) is 0 Å². The van der Waals surface area contributed by atoms with Crippen molar-refractivity contribution < 1.29 is 0 Å². The summed E-state index contributed by atoms with van der Waals surface area (Å²) in [6, 6.07) is 38.1. The van der Waals surface area contributed by atoms with Crippen LogP contribution in [0.1, 0.15) is 22.7 Å². The highest BCUT2D eigenvalue weighted by Crippen LogP contribution is 2.47. The first-order valence-electron chi connectivity index (χ1n) is 12.7. The zero-order valence-corrected chi connectivity index (χ0v) is 20.4. The lowest BCUT2D eigenvalue weighted by Crippen LogP contribution is -2.09. The minimum Gasteiger partial charge on any atom is -0.294 e. The molecule has 0 amide bonds. The van der Waals surface area contributed by atoms with Crippen LogP contribution >= 0.6 is 0 Å². The molecule has 1 aliphatic carbocycles. The minimum absolute atomic E-state index is 0.0142. The maximum Gasteiger partial charge on any atom is 0.199 e. The van der Waals surface area contributed by atoms with Crippen LogP contribution in [0.25, 0.3) is 50.4 Å². The number of nitrogens with zero attached hydrogens (tertiary/aromatic N) is 5.